The van der Waals surface area contributed by atoms with Crippen molar-refractivity contribution < 1.29 is 9.84 Å². The van der Waals surface area contributed by atoms with E-state index in [1.807, 2.05) is 0 Å². The minimum absolute atomic E-state index is 0.101. The highest BCUT2D eigenvalue weighted by atomic mass is 16.5. The van der Waals surface area contributed by atoms with E-state index in [1.54, 1.807) is 0 Å². The molecule has 0 amide bonds. The Labute approximate surface area is 97.7 Å². The van der Waals surface area contributed by atoms with Crippen LogP contribution in [-0.2, 0) is 9.84 Å². The van der Waals surface area contributed by atoms with Crippen molar-refractivity contribution >= 4 is 0 Å². The predicted octanol–water partition coefficient (Wildman–Crippen LogP) is 1.04. The van der Waals surface area contributed by atoms with Crippen molar-refractivity contribution in [3.63, 3.8) is 0 Å². The van der Waals surface area contributed by atoms with Gasteiger partial charge in [-0.2, -0.15) is 0 Å². The van der Waals surface area contributed by atoms with Crippen LogP contribution in [0.2, 0.25) is 0 Å². The van der Waals surface area contributed by atoms with E-state index in [2.05, 4.69) is 10.6 Å². The number of hydrogen-bond donors (Lipinski definition) is 2. The topological polar surface area (TPSA) is 53.2 Å². The monoisotopic (exact) mass is 227 g/mol. The SMILES string of the molecule is [O]C1CCCNCC1OC1CCCCCN1. The predicted molar refractivity (Wildman–Crippen MR) is 61.7 cm³/mol. The Kier molecular flexibility index (Phi) is 5.03. The molecule has 16 heavy (non-hydrogen) atoms. The molecule has 3 unspecified atom stereocenters. The van der Waals surface area contributed by atoms with Gasteiger partial charge in [0, 0.05) is 6.54 Å². The molecule has 1 radical (unpaired) electrons. The second kappa shape index (κ2) is 6.55. The number of rotatable bonds is 2. The summed E-state index contributed by atoms with van der Waals surface area (Å²) in [5, 5.41) is 18.5. The molecule has 0 saturated carbocycles. The van der Waals surface area contributed by atoms with Gasteiger partial charge in [0.25, 0.3) is 0 Å². The second-order valence-corrected chi connectivity index (χ2v) is 4.85. The molecule has 0 aromatic carbocycles. The Morgan fingerprint density at radius 2 is 1.94 bits per heavy atom. The highest BCUT2D eigenvalue weighted by Gasteiger charge is 2.26. The van der Waals surface area contributed by atoms with Crippen LogP contribution in [0.25, 0.3) is 0 Å². The molecule has 93 valence electrons. The van der Waals surface area contributed by atoms with Gasteiger partial charge < -0.3 is 10.1 Å². The van der Waals surface area contributed by atoms with Gasteiger partial charge >= 0.3 is 0 Å². The summed E-state index contributed by atoms with van der Waals surface area (Å²) in [4.78, 5) is 0. The Morgan fingerprint density at radius 3 is 2.88 bits per heavy atom. The van der Waals surface area contributed by atoms with E-state index in [-0.39, 0.29) is 12.3 Å². The molecular formula is C12H23N2O2. The zero-order valence-corrected chi connectivity index (χ0v) is 9.91. The fourth-order valence-corrected chi connectivity index (χ4v) is 2.45. The molecule has 2 rings (SSSR count). The van der Waals surface area contributed by atoms with E-state index < -0.39 is 6.10 Å². The van der Waals surface area contributed by atoms with E-state index in [0.29, 0.717) is 6.54 Å². The van der Waals surface area contributed by atoms with Gasteiger partial charge in [-0.3, -0.25) is 5.32 Å². The summed E-state index contributed by atoms with van der Waals surface area (Å²) in [6.45, 7) is 2.69. The van der Waals surface area contributed by atoms with Crippen LogP contribution in [-0.4, -0.2) is 38.1 Å². The molecule has 0 aromatic heterocycles. The van der Waals surface area contributed by atoms with Gasteiger partial charge in [0.15, 0.2) is 0 Å². The van der Waals surface area contributed by atoms with Crippen LogP contribution in [0.15, 0.2) is 0 Å². The Hall–Kier alpha value is -0.160. The van der Waals surface area contributed by atoms with Crippen molar-refractivity contribution in [1.29, 1.82) is 0 Å². The van der Waals surface area contributed by atoms with Gasteiger partial charge in [-0.05, 0) is 45.2 Å². The zero-order chi connectivity index (χ0) is 11.2. The fourth-order valence-electron chi connectivity index (χ4n) is 2.45. The van der Waals surface area contributed by atoms with Crippen molar-refractivity contribution in [1.82, 2.24) is 10.6 Å². The highest BCUT2D eigenvalue weighted by Crippen LogP contribution is 2.15. The Morgan fingerprint density at radius 1 is 1.00 bits per heavy atom. The van der Waals surface area contributed by atoms with Gasteiger partial charge in [-0.15, -0.1) is 0 Å². The summed E-state index contributed by atoms with van der Waals surface area (Å²) in [7, 11) is 0. The minimum atomic E-state index is -0.556. The molecule has 4 nitrogen and oxygen atoms in total. The standard InChI is InChI=1S/C12H23N2O2/c15-10-5-4-7-13-9-11(10)16-12-6-2-1-3-8-14-12/h10-14H,1-9H2. The van der Waals surface area contributed by atoms with Crippen LogP contribution in [0.3, 0.4) is 0 Å². The highest BCUT2D eigenvalue weighted by molar-refractivity contribution is 4.77. The van der Waals surface area contributed by atoms with Crippen LogP contribution < -0.4 is 10.6 Å². The van der Waals surface area contributed by atoms with E-state index in [0.717, 1.165) is 32.4 Å². The summed E-state index contributed by atoms with van der Waals surface area (Å²) >= 11 is 0. The lowest BCUT2D eigenvalue weighted by Gasteiger charge is -2.25. The van der Waals surface area contributed by atoms with E-state index in [9.17, 15) is 5.11 Å². The molecule has 0 aromatic rings. The molecule has 0 aliphatic carbocycles. The lowest BCUT2D eigenvalue weighted by Crippen LogP contribution is -2.42. The largest absolute Gasteiger partial charge is 0.356 e. The lowest BCUT2D eigenvalue weighted by molar-refractivity contribution is -0.105. The summed E-state index contributed by atoms with van der Waals surface area (Å²) in [5.74, 6) is 0. The van der Waals surface area contributed by atoms with Gasteiger partial charge in [0.2, 0.25) is 0 Å². The molecule has 4 heteroatoms. The normalized spacial score (nSPS) is 37.7. The summed E-state index contributed by atoms with van der Waals surface area (Å²) in [5.41, 5.74) is 0. The quantitative estimate of drug-likeness (QED) is 0.741. The Balaban J connectivity index is 1.81. The number of hydrogen-bond acceptors (Lipinski definition) is 3. The van der Waals surface area contributed by atoms with Crippen molar-refractivity contribution in [3.8, 4) is 0 Å². The van der Waals surface area contributed by atoms with Gasteiger partial charge in [0.1, 0.15) is 18.4 Å². The smallest absolute Gasteiger partial charge is 0.120 e. The molecule has 2 N–H and O–H groups in total. The molecule has 2 heterocycles. The third-order valence-electron chi connectivity index (χ3n) is 3.46. The van der Waals surface area contributed by atoms with Crippen molar-refractivity contribution in [2.45, 2.75) is 57.0 Å². The van der Waals surface area contributed by atoms with Crippen LogP contribution in [0.1, 0.15) is 38.5 Å². The lowest BCUT2D eigenvalue weighted by atomic mass is 10.1. The first-order valence-corrected chi connectivity index (χ1v) is 6.61. The molecule has 3 atom stereocenters. The van der Waals surface area contributed by atoms with Crippen LogP contribution in [0.5, 0.6) is 0 Å². The van der Waals surface area contributed by atoms with Gasteiger partial charge in [-0.1, -0.05) is 6.42 Å². The Bertz CT molecular complexity index is 193. The first-order chi connectivity index (χ1) is 7.86. The maximum absolute atomic E-state index is 11.9. The first kappa shape index (κ1) is 12.3. The first-order valence-electron chi connectivity index (χ1n) is 6.61. The summed E-state index contributed by atoms with van der Waals surface area (Å²) in [6.07, 6.45) is 5.86. The molecule has 2 fully saturated rings. The molecular weight excluding hydrogens is 204 g/mol. The third-order valence-corrected chi connectivity index (χ3v) is 3.46. The van der Waals surface area contributed by atoms with Gasteiger partial charge in [0.05, 0.1) is 0 Å². The van der Waals surface area contributed by atoms with Crippen LogP contribution in [0, 0.1) is 0 Å². The van der Waals surface area contributed by atoms with E-state index in [4.69, 9.17) is 4.74 Å². The van der Waals surface area contributed by atoms with Gasteiger partial charge in [-0.25, -0.2) is 5.11 Å². The second-order valence-electron chi connectivity index (χ2n) is 4.85. The summed E-state index contributed by atoms with van der Waals surface area (Å²) < 4.78 is 5.92. The molecule has 0 bridgehead atoms. The molecule has 0 spiro atoms. The number of ether oxygens (including phenoxy) is 1. The maximum atomic E-state index is 11.9. The summed E-state index contributed by atoms with van der Waals surface area (Å²) in [6, 6.07) is 0. The number of nitrogens with one attached hydrogen (secondary N) is 2. The van der Waals surface area contributed by atoms with Crippen molar-refractivity contribution in [2.24, 2.45) is 0 Å². The average molecular weight is 227 g/mol. The molecule has 2 aliphatic rings. The maximum Gasteiger partial charge on any atom is 0.120 e. The third kappa shape index (κ3) is 3.70. The molecule has 2 saturated heterocycles. The van der Waals surface area contributed by atoms with E-state index in [1.165, 1.54) is 19.3 Å². The average Bonchev–Trinajstić information content (AvgIpc) is 2.64. The minimum Gasteiger partial charge on any atom is -0.356 e. The van der Waals surface area contributed by atoms with Crippen molar-refractivity contribution in [3.05, 3.63) is 0 Å². The molecule has 2 aliphatic heterocycles. The van der Waals surface area contributed by atoms with Crippen molar-refractivity contribution in [2.75, 3.05) is 19.6 Å². The fraction of sp³-hybridized carbons (Fsp3) is 1.00. The zero-order valence-electron chi connectivity index (χ0n) is 9.91. The van der Waals surface area contributed by atoms with Crippen LogP contribution in [0.4, 0.5) is 0 Å². The van der Waals surface area contributed by atoms with E-state index >= 15 is 0 Å². The van der Waals surface area contributed by atoms with Crippen LogP contribution >= 0.6 is 0 Å².